The minimum atomic E-state index is 0.167. The molecule has 1 aliphatic heterocycles. The van der Waals surface area contributed by atoms with E-state index in [4.69, 9.17) is 4.74 Å². The van der Waals surface area contributed by atoms with Gasteiger partial charge in [0.25, 0.3) is 0 Å². The van der Waals surface area contributed by atoms with E-state index in [-0.39, 0.29) is 16.7 Å². The number of ether oxygens (including phenoxy) is 1. The maximum atomic E-state index is 9.53. The Balaban J connectivity index is 2.22. The van der Waals surface area contributed by atoms with E-state index in [1.54, 1.807) is 13.2 Å². The van der Waals surface area contributed by atoms with E-state index >= 15 is 0 Å². The molecular formula is C12H17NO2S. The van der Waals surface area contributed by atoms with Gasteiger partial charge in [-0.3, -0.25) is 5.32 Å². The van der Waals surface area contributed by atoms with Crippen LogP contribution in [0.4, 0.5) is 0 Å². The van der Waals surface area contributed by atoms with Crippen molar-refractivity contribution in [1.82, 2.24) is 5.32 Å². The van der Waals surface area contributed by atoms with E-state index in [1.165, 1.54) is 0 Å². The molecule has 3 nitrogen and oxygen atoms in total. The van der Waals surface area contributed by atoms with E-state index in [2.05, 4.69) is 19.2 Å². The van der Waals surface area contributed by atoms with E-state index in [1.807, 2.05) is 23.9 Å². The number of rotatable bonds is 2. The molecular weight excluding hydrogens is 222 g/mol. The van der Waals surface area contributed by atoms with Gasteiger partial charge in [0.2, 0.25) is 0 Å². The maximum Gasteiger partial charge on any atom is 0.160 e. The summed E-state index contributed by atoms with van der Waals surface area (Å²) >= 11 is 1.88. The van der Waals surface area contributed by atoms with Gasteiger partial charge in [-0.1, -0.05) is 6.07 Å². The van der Waals surface area contributed by atoms with Crippen LogP contribution in [0.5, 0.6) is 11.5 Å². The lowest BCUT2D eigenvalue weighted by Crippen LogP contribution is -2.35. The number of hydrogen-bond acceptors (Lipinski definition) is 4. The number of thioether (sulfide) groups is 1. The molecule has 0 spiro atoms. The minimum Gasteiger partial charge on any atom is -0.504 e. The van der Waals surface area contributed by atoms with Crippen molar-refractivity contribution < 1.29 is 9.84 Å². The summed E-state index contributed by atoms with van der Waals surface area (Å²) in [5.74, 6) is 1.80. The first-order chi connectivity index (χ1) is 7.52. The summed E-state index contributed by atoms with van der Waals surface area (Å²) in [6.45, 7) is 4.38. The highest BCUT2D eigenvalue weighted by Crippen LogP contribution is 2.39. The van der Waals surface area contributed by atoms with Gasteiger partial charge in [-0.15, -0.1) is 11.8 Å². The van der Waals surface area contributed by atoms with Crippen molar-refractivity contribution in [3.05, 3.63) is 23.8 Å². The Bertz CT molecular complexity index is 393. The molecule has 0 aliphatic carbocycles. The van der Waals surface area contributed by atoms with Crippen LogP contribution >= 0.6 is 11.8 Å². The number of hydrogen-bond donors (Lipinski definition) is 2. The van der Waals surface area contributed by atoms with Crippen LogP contribution in [-0.2, 0) is 0 Å². The molecule has 16 heavy (non-hydrogen) atoms. The number of methoxy groups -OCH3 is 1. The zero-order chi connectivity index (χ0) is 11.8. The molecule has 1 aliphatic rings. The number of benzene rings is 1. The van der Waals surface area contributed by atoms with Gasteiger partial charge in [0.15, 0.2) is 11.5 Å². The molecule has 4 heteroatoms. The highest BCUT2D eigenvalue weighted by Gasteiger charge is 2.31. The SMILES string of the molecule is COc1cc(C2NC(C)(C)CS2)ccc1O. The van der Waals surface area contributed by atoms with Gasteiger partial charge in [-0.2, -0.15) is 0 Å². The fourth-order valence-electron chi connectivity index (χ4n) is 1.77. The second-order valence-electron chi connectivity index (χ2n) is 4.65. The van der Waals surface area contributed by atoms with Crippen LogP contribution in [0.3, 0.4) is 0 Å². The van der Waals surface area contributed by atoms with E-state index in [9.17, 15) is 5.11 Å². The molecule has 1 heterocycles. The molecule has 2 N–H and O–H groups in total. The summed E-state index contributed by atoms with van der Waals surface area (Å²) in [7, 11) is 1.57. The van der Waals surface area contributed by atoms with E-state index in [0.29, 0.717) is 5.75 Å². The molecule has 2 rings (SSSR count). The smallest absolute Gasteiger partial charge is 0.160 e. The maximum absolute atomic E-state index is 9.53. The predicted molar refractivity (Wildman–Crippen MR) is 67.1 cm³/mol. The van der Waals surface area contributed by atoms with Gasteiger partial charge < -0.3 is 9.84 Å². The van der Waals surface area contributed by atoms with Crippen molar-refractivity contribution >= 4 is 11.8 Å². The first-order valence-electron chi connectivity index (χ1n) is 5.28. The summed E-state index contributed by atoms with van der Waals surface area (Å²) in [6, 6.07) is 5.51. The Labute approximate surface area is 100 Å². The standard InChI is InChI=1S/C12H17NO2S/c1-12(2)7-16-11(13-12)8-4-5-9(14)10(6-8)15-3/h4-6,11,13-14H,7H2,1-3H3. The molecule has 88 valence electrons. The highest BCUT2D eigenvalue weighted by molar-refractivity contribution is 7.99. The first-order valence-corrected chi connectivity index (χ1v) is 6.33. The third-order valence-corrected chi connectivity index (χ3v) is 4.25. The van der Waals surface area contributed by atoms with Crippen molar-refractivity contribution in [3.8, 4) is 11.5 Å². The summed E-state index contributed by atoms with van der Waals surface area (Å²) < 4.78 is 5.11. The molecule has 0 aromatic heterocycles. The van der Waals surface area contributed by atoms with Crippen LogP contribution in [0.25, 0.3) is 0 Å². The third kappa shape index (κ3) is 2.28. The van der Waals surface area contributed by atoms with Gasteiger partial charge in [0, 0.05) is 11.3 Å². The Morgan fingerprint density at radius 1 is 1.50 bits per heavy atom. The number of phenolic OH excluding ortho intramolecular Hbond substituents is 1. The Hall–Kier alpha value is -0.870. The molecule has 0 amide bonds. The fraction of sp³-hybridized carbons (Fsp3) is 0.500. The summed E-state index contributed by atoms with van der Waals surface area (Å²) in [6.07, 6.45) is 0. The van der Waals surface area contributed by atoms with Crippen molar-refractivity contribution in [3.63, 3.8) is 0 Å². The largest absolute Gasteiger partial charge is 0.504 e. The fourth-order valence-corrected chi connectivity index (χ4v) is 3.17. The van der Waals surface area contributed by atoms with Crippen LogP contribution < -0.4 is 10.1 Å². The van der Waals surface area contributed by atoms with Gasteiger partial charge in [-0.25, -0.2) is 0 Å². The third-order valence-electron chi connectivity index (χ3n) is 2.64. The zero-order valence-electron chi connectivity index (χ0n) is 9.78. The van der Waals surface area contributed by atoms with Crippen LogP contribution in [0, 0.1) is 0 Å². The van der Waals surface area contributed by atoms with E-state index in [0.717, 1.165) is 11.3 Å². The highest BCUT2D eigenvalue weighted by atomic mass is 32.2. The van der Waals surface area contributed by atoms with Gasteiger partial charge in [0.1, 0.15) is 0 Å². The molecule has 1 unspecified atom stereocenters. The van der Waals surface area contributed by atoms with Crippen LogP contribution in [0.2, 0.25) is 0 Å². The topological polar surface area (TPSA) is 41.5 Å². The van der Waals surface area contributed by atoms with Gasteiger partial charge in [0.05, 0.1) is 12.5 Å². The van der Waals surface area contributed by atoms with Crippen molar-refractivity contribution in [2.45, 2.75) is 24.8 Å². The second-order valence-corrected chi connectivity index (χ2v) is 5.74. The molecule has 1 atom stereocenters. The van der Waals surface area contributed by atoms with Crippen molar-refractivity contribution in [1.29, 1.82) is 0 Å². The van der Waals surface area contributed by atoms with Gasteiger partial charge >= 0.3 is 0 Å². The number of nitrogens with one attached hydrogen (secondary N) is 1. The molecule has 0 bridgehead atoms. The zero-order valence-corrected chi connectivity index (χ0v) is 10.6. The lowest BCUT2D eigenvalue weighted by atomic mass is 10.1. The summed E-state index contributed by atoms with van der Waals surface area (Å²) in [4.78, 5) is 0. The molecule has 0 radical (unpaired) electrons. The quantitative estimate of drug-likeness (QED) is 0.832. The van der Waals surface area contributed by atoms with Crippen molar-refractivity contribution in [2.75, 3.05) is 12.9 Å². The average Bonchev–Trinajstić information content (AvgIpc) is 2.59. The normalized spacial score (nSPS) is 23.3. The van der Waals surface area contributed by atoms with Crippen LogP contribution in [-0.4, -0.2) is 23.5 Å². The Kier molecular flexibility index (Phi) is 3.04. The van der Waals surface area contributed by atoms with Crippen LogP contribution in [0.1, 0.15) is 24.8 Å². The molecule has 1 saturated heterocycles. The predicted octanol–water partition coefficient (Wildman–Crippen LogP) is 2.51. The van der Waals surface area contributed by atoms with Gasteiger partial charge in [-0.05, 0) is 31.5 Å². The molecule has 1 aromatic carbocycles. The molecule has 1 fully saturated rings. The summed E-state index contributed by atoms with van der Waals surface area (Å²) in [5, 5.41) is 13.4. The Morgan fingerprint density at radius 2 is 2.25 bits per heavy atom. The molecule has 0 saturated carbocycles. The lowest BCUT2D eigenvalue weighted by Gasteiger charge is -2.19. The minimum absolute atomic E-state index is 0.167. The summed E-state index contributed by atoms with van der Waals surface area (Å²) in [5.41, 5.74) is 1.31. The Morgan fingerprint density at radius 3 is 2.81 bits per heavy atom. The number of phenols is 1. The second kappa shape index (κ2) is 4.18. The van der Waals surface area contributed by atoms with E-state index < -0.39 is 0 Å². The number of aromatic hydroxyl groups is 1. The van der Waals surface area contributed by atoms with Crippen LogP contribution in [0.15, 0.2) is 18.2 Å². The first kappa shape index (κ1) is 11.6. The van der Waals surface area contributed by atoms with Crippen molar-refractivity contribution in [2.24, 2.45) is 0 Å². The molecule has 1 aromatic rings. The monoisotopic (exact) mass is 239 g/mol. The lowest BCUT2D eigenvalue weighted by molar-refractivity contribution is 0.372. The average molecular weight is 239 g/mol.